The van der Waals surface area contributed by atoms with E-state index >= 15 is 0 Å². The van der Waals surface area contributed by atoms with Crippen molar-refractivity contribution in [3.05, 3.63) is 17.7 Å². The zero-order chi connectivity index (χ0) is 13.5. The first kappa shape index (κ1) is 12.8. The van der Waals surface area contributed by atoms with Gasteiger partial charge in [-0.25, -0.2) is 4.98 Å². The van der Waals surface area contributed by atoms with Crippen LogP contribution in [-0.2, 0) is 17.8 Å². The van der Waals surface area contributed by atoms with Gasteiger partial charge in [0.15, 0.2) is 0 Å². The van der Waals surface area contributed by atoms with Crippen molar-refractivity contribution in [2.24, 2.45) is 11.8 Å². The molecule has 1 aliphatic heterocycles. The zero-order valence-electron chi connectivity index (χ0n) is 12.4. The number of ether oxygens (including phenoxy) is 1. The fourth-order valence-electron chi connectivity index (χ4n) is 3.56. The van der Waals surface area contributed by atoms with Gasteiger partial charge in [-0.15, -0.1) is 0 Å². The van der Waals surface area contributed by atoms with E-state index < -0.39 is 0 Å². The summed E-state index contributed by atoms with van der Waals surface area (Å²) < 4.78 is 7.91. The highest BCUT2D eigenvalue weighted by molar-refractivity contribution is 5.22. The third-order valence-electron chi connectivity index (χ3n) is 4.93. The van der Waals surface area contributed by atoms with Gasteiger partial charge in [0.05, 0.1) is 18.6 Å². The predicted octanol–water partition coefficient (Wildman–Crippen LogP) is 2.25. The second-order valence-electron chi connectivity index (χ2n) is 6.96. The summed E-state index contributed by atoms with van der Waals surface area (Å²) in [6.07, 6.45) is 7.72. The minimum absolute atomic E-state index is 0.503. The third kappa shape index (κ3) is 2.63. The Bertz CT molecular complexity index is 476. The number of hydrogen-bond donors (Lipinski definition) is 0. The largest absolute Gasteiger partial charge is 0.384 e. The average molecular weight is 275 g/mol. The Balaban J connectivity index is 1.55. The van der Waals surface area contributed by atoms with Gasteiger partial charge in [-0.2, -0.15) is 0 Å². The SMILES string of the molecule is COCC1CN(CC2CC2)Cc2ncn(CC3CC3)c21. The molecule has 4 heteroatoms. The molecule has 0 saturated heterocycles. The molecule has 1 aromatic rings. The fraction of sp³-hybridized carbons (Fsp3) is 0.812. The quantitative estimate of drug-likeness (QED) is 0.797. The Morgan fingerprint density at radius 3 is 2.65 bits per heavy atom. The number of imidazole rings is 1. The van der Waals surface area contributed by atoms with Crippen LogP contribution in [0.25, 0.3) is 0 Å². The molecule has 110 valence electrons. The van der Waals surface area contributed by atoms with Gasteiger partial charge in [0.2, 0.25) is 0 Å². The molecule has 2 aliphatic carbocycles. The van der Waals surface area contributed by atoms with Gasteiger partial charge in [-0.05, 0) is 37.5 Å². The molecule has 3 aliphatic rings. The Hall–Kier alpha value is -0.870. The van der Waals surface area contributed by atoms with Gasteiger partial charge >= 0.3 is 0 Å². The summed E-state index contributed by atoms with van der Waals surface area (Å²) in [4.78, 5) is 7.31. The molecular formula is C16H25N3O. The van der Waals surface area contributed by atoms with Gasteiger partial charge in [-0.3, -0.25) is 4.90 Å². The van der Waals surface area contributed by atoms with E-state index in [2.05, 4.69) is 15.8 Å². The molecule has 1 unspecified atom stereocenters. The lowest BCUT2D eigenvalue weighted by Gasteiger charge is -2.33. The third-order valence-corrected chi connectivity index (χ3v) is 4.93. The zero-order valence-corrected chi connectivity index (χ0v) is 12.4. The first-order valence-corrected chi connectivity index (χ1v) is 8.08. The smallest absolute Gasteiger partial charge is 0.0952 e. The second-order valence-corrected chi connectivity index (χ2v) is 6.96. The predicted molar refractivity (Wildman–Crippen MR) is 77.6 cm³/mol. The maximum atomic E-state index is 5.48. The van der Waals surface area contributed by atoms with Crippen LogP contribution in [0.3, 0.4) is 0 Å². The number of methoxy groups -OCH3 is 1. The Labute approximate surface area is 121 Å². The Morgan fingerprint density at radius 1 is 1.20 bits per heavy atom. The van der Waals surface area contributed by atoms with Crippen LogP contribution >= 0.6 is 0 Å². The van der Waals surface area contributed by atoms with Gasteiger partial charge in [0.1, 0.15) is 0 Å². The van der Waals surface area contributed by atoms with E-state index in [1.165, 1.54) is 50.2 Å². The van der Waals surface area contributed by atoms with Gasteiger partial charge in [-0.1, -0.05) is 0 Å². The highest BCUT2D eigenvalue weighted by atomic mass is 16.5. The summed E-state index contributed by atoms with van der Waals surface area (Å²) in [6.45, 7) is 5.45. The molecule has 0 amide bonds. The first-order chi connectivity index (χ1) is 9.83. The van der Waals surface area contributed by atoms with Crippen LogP contribution in [0.4, 0.5) is 0 Å². The van der Waals surface area contributed by atoms with Crippen LogP contribution in [0.15, 0.2) is 6.33 Å². The lowest BCUT2D eigenvalue weighted by molar-refractivity contribution is 0.132. The minimum atomic E-state index is 0.503. The van der Waals surface area contributed by atoms with Crippen LogP contribution in [-0.4, -0.2) is 41.3 Å². The molecule has 2 saturated carbocycles. The number of hydrogen-bond acceptors (Lipinski definition) is 3. The Kier molecular flexibility index (Phi) is 3.31. The molecule has 2 heterocycles. The van der Waals surface area contributed by atoms with Crippen LogP contribution < -0.4 is 0 Å². The van der Waals surface area contributed by atoms with Gasteiger partial charge in [0.25, 0.3) is 0 Å². The fourth-order valence-corrected chi connectivity index (χ4v) is 3.56. The highest BCUT2D eigenvalue weighted by Crippen LogP contribution is 2.36. The molecule has 0 N–H and O–H groups in total. The monoisotopic (exact) mass is 275 g/mol. The molecular weight excluding hydrogens is 250 g/mol. The van der Waals surface area contributed by atoms with E-state index in [4.69, 9.17) is 9.72 Å². The minimum Gasteiger partial charge on any atom is -0.384 e. The lowest BCUT2D eigenvalue weighted by Crippen LogP contribution is -2.37. The lowest BCUT2D eigenvalue weighted by atomic mass is 9.98. The highest BCUT2D eigenvalue weighted by Gasteiger charge is 2.34. The van der Waals surface area contributed by atoms with E-state index in [1.807, 2.05) is 7.11 Å². The molecule has 0 radical (unpaired) electrons. The first-order valence-electron chi connectivity index (χ1n) is 8.08. The van der Waals surface area contributed by atoms with Crippen molar-refractivity contribution >= 4 is 0 Å². The van der Waals surface area contributed by atoms with Crippen molar-refractivity contribution in [2.45, 2.75) is 44.7 Å². The molecule has 4 rings (SSSR count). The molecule has 1 atom stereocenters. The van der Waals surface area contributed by atoms with E-state index in [-0.39, 0.29) is 0 Å². The molecule has 0 bridgehead atoms. The Morgan fingerprint density at radius 2 is 1.95 bits per heavy atom. The number of rotatable bonds is 6. The molecule has 0 aromatic carbocycles. The van der Waals surface area contributed by atoms with Crippen molar-refractivity contribution < 1.29 is 4.74 Å². The number of nitrogens with zero attached hydrogens (tertiary/aromatic N) is 3. The number of aromatic nitrogens is 2. The molecule has 0 spiro atoms. The van der Waals surface area contributed by atoms with E-state index in [0.717, 1.165) is 31.5 Å². The van der Waals surface area contributed by atoms with Crippen molar-refractivity contribution in [1.82, 2.24) is 14.5 Å². The van der Waals surface area contributed by atoms with E-state index in [0.29, 0.717) is 5.92 Å². The molecule has 2 fully saturated rings. The summed E-state index contributed by atoms with van der Waals surface area (Å²) in [5.41, 5.74) is 2.77. The maximum Gasteiger partial charge on any atom is 0.0952 e. The summed E-state index contributed by atoms with van der Waals surface area (Å²) in [6, 6.07) is 0. The molecule has 4 nitrogen and oxygen atoms in total. The summed E-state index contributed by atoms with van der Waals surface area (Å²) in [5.74, 6) is 2.36. The molecule has 1 aromatic heterocycles. The molecule has 20 heavy (non-hydrogen) atoms. The standard InChI is InChI=1S/C16H25N3O/c1-20-10-14-8-18(6-12-2-3-12)9-15-16(14)19(11-17-15)7-13-4-5-13/h11-14H,2-10H2,1H3. The van der Waals surface area contributed by atoms with Crippen molar-refractivity contribution in [2.75, 3.05) is 26.8 Å². The van der Waals surface area contributed by atoms with E-state index in [9.17, 15) is 0 Å². The summed E-state index contributed by atoms with van der Waals surface area (Å²) in [7, 11) is 1.82. The van der Waals surface area contributed by atoms with E-state index in [1.54, 1.807) is 0 Å². The van der Waals surface area contributed by atoms with Crippen molar-refractivity contribution in [3.8, 4) is 0 Å². The van der Waals surface area contributed by atoms with Crippen molar-refractivity contribution in [3.63, 3.8) is 0 Å². The maximum absolute atomic E-state index is 5.48. The van der Waals surface area contributed by atoms with Crippen LogP contribution in [0.1, 0.15) is 43.0 Å². The van der Waals surface area contributed by atoms with Gasteiger partial charge < -0.3 is 9.30 Å². The van der Waals surface area contributed by atoms with Crippen LogP contribution in [0.5, 0.6) is 0 Å². The van der Waals surface area contributed by atoms with Crippen LogP contribution in [0, 0.1) is 11.8 Å². The average Bonchev–Trinajstić information content (AvgIpc) is 3.32. The van der Waals surface area contributed by atoms with Gasteiger partial charge in [0, 0.05) is 44.9 Å². The summed E-state index contributed by atoms with van der Waals surface area (Å²) >= 11 is 0. The van der Waals surface area contributed by atoms with Crippen molar-refractivity contribution in [1.29, 1.82) is 0 Å². The number of fused-ring (bicyclic) bond motifs is 1. The summed E-state index contributed by atoms with van der Waals surface area (Å²) in [5, 5.41) is 0. The normalized spacial score (nSPS) is 26.8. The second kappa shape index (κ2) is 5.15. The topological polar surface area (TPSA) is 30.3 Å². The van der Waals surface area contributed by atoms with Crippen LogP contribution in [0.2, 0.25) is 0 Å².